The molecule has 0 unspecified atom stereocenters. The quantitative estimate of drug-likeness (QED) is 0.601. The molecule has 0 saturated heterocycles. The topological polar surface area (TPSA) is 29.1 Å². The molecule has 73 valence electrons. The predicted octanol–water partition coefficient (Wildman–Crippen LogP) is 2.36. The molecular formula is C11H17O2. The highest BCUT2D eigenvalue weighted by Crippen LogP contribution is 2.56. The summed E-state index contributed by atoms with van der Waals surface area (Å²) in [5.74, 6) is 2.66. The lowest BCUT2D eigenvalue weighted by Crippen LogP contribution is -2.52. The maximum Gasteiger partial charge on any atom is 0.181 e. The molecule has 0 heterocycles. The van der Waals surface area contributed by atoms with Crippen LogP contribution >= 0.6 is 0 Å². The van der Waals surface area contributed by atoms with Crippen molar-refractivity contribution in [3.63, 3.8) is 0 Å². The van der Waals surface area contributed by atoms with E-state index in [2.05, 4.69) is 0 Å². The molecule has 4 aliphatic carbocycles. The van der Waals surface area contributed by atoms with Gasteiger partial charge in [0.2, 0.25) is 0 Å². The van der Waals surface area contributed by atoms with Crippen LogP contribution in [0.25, 0.3) is 0 Å². The third-order valence-electron chi connectivity index (χ3n) is 4.35. The fraction of sp³-hybridized carbons (Fsp3) is 1.00. The molecular weight excluding hydrogens is 164 g/mol. The van der Waals surface area contributed by atoms with Gasteiger partial charge < -0.3 is 4.74 Å². The van der Waals surface area contributed by atoms with E-state index in [1.54, 1.807) is 0 Å². The Balaban J connectivity index is 1.83. The molecule has 2 nitrogen and oxygen atoms in total. The Labute approximate surface area is 79.3 Å². The van der Waals surface area contributed by atoms with Crippen molar-refractivity contribution in [2.75, 3.05) is 6.79 Å². The second-order valence-electron chi connectivity index (χ2n) is 5.36. The molecule has 0 aromatic rings. The summed E-state index contributed by atoms with van der Waals surface area (Å²) in [6.07, 6.45) is 7.80. The summed E-state index contributed by atoms with van der Waals surface area (Å²) in [5, 5.41) is 10.6. The minimum absolute atomic E-state index is 0.0382. The first kappa shape index (κ1) is 8.25. The van der Waals surface area contributed by atoms with Crippen LogP contribution in [-0.4, -0.2) is 12.4 Å². The molecule has 4 bridgehead atoms. The maximum atomic E-state index is 10.6. The molecule has 4 aliphatic rings. The summed E-state index contributed by atoms with van der Waals surface area (Å²) in [6.45, 7) is -0.327. The highest BCUT2D eigenvalue weighted by molar-refractivity contribution is 5.02. The molecule has 4 rings (SSSR count). The van der Waals surface area contributed by atoms with Gasteiger partial charge in [0.25, 0.3) is 0 Å². The lowest BCUT2D eigenvalue weighted by atomic mass is 9.54. The minimum Gasteiger partial charge on any atom is -0.346 e. The van der Waals surface area contributed by atoms with Crippen molar-refractivity contribution in [3.05, 3.63) is 0 Å². The monoisotopic (exact) mass is 181 g/mol. The fourth-order valence-electron chi connectivity index (χ4n) is 4.33. The molecule has 4 fully saturated rings. The van der Waals surface area contributed by atoms with Crippen LogP contribution in [0.2, 0.25) is 0 Å². The zero-order valence-corrected chi connectivity index (χ0v) is 8.00. The lowest BCUT2D eigenvalue weighted by molar-refractivity contribution is -0.209. The Kier molecular flexibility index (Phi) is 1.72. The molecule has 0 aromatic heterocycles. The third-order valence-corrected chi connectivity index (χ3v) is 4.35. The molecule has 0 aliphatic heterocycles. The van der Waals surface area contributed by atoms with Gasteiger partial charge >= 0.3 is 0 Å². The second kappa shape index (κ2) is 2.71. The number of hydrogen-bond donors (Lipinski definition) is 0. The summed E-state index contributed by atoms with van der Waals surface area (Å²) in [4.78, 5) is 0. The van der Waals surface area contributed by atoms with Gasteiger partial charge in [0, 0.05) is 0 Å². The third kappa shape index (κ3) is 1.23. The van der Waals surface area contributed by atoms with Gasteiger partial charge in [0.15, 0.2) is 6.79 Å². The second-order valence-corrected chi connectivity index (χ2v) is 5.36. The first-order valence-corrected chi connectivity index (χ1v) is 5.52. The largest absolute Gasteiger partial charge is 0.346 e. The van der Waals surface area contributed by atoms with E-state index in [-0.39, 0.29) is 12.4 Å². The predicted molar refractivity (Wildman–Crippen MR) is 47.5 cm³/mol. The zero-order chi connectivity index (χ0) is 8.89. The van der Waals surface area contributed by atoms with Crippen molar-refractivity contribution < 1.29 is 9.84 Å². The van der Waals surface area contributed by atoms with E-state index in [4.69, 9.17) is 4.74 Å². The number of rotatable bonds is 2. The van der Waals surface area contributed by atoms with Crippen LogP contribution in [0.15, 0.2) is 0 Å². The number of ether oxygens (including phenoxy) is 1. The van der Waals surface area contributed by atoms with Crippen LogP contribution in [0.1, 0.15) is 38.5 Å². The van der Waals surface area contributed by atoms with Crippen molar-refractivity contribution in [2.24, 2.45) is 17.8 Å². The molecule has 0 aromatic carbocycles. The van der Waals surface area contributed by atoms with E-state index in [0.29, 0.717) is 0 Å². The Morgan fingerprint density at radius 2 is 1.46 bits per heavy atom. The summed E-state index contributed by atoms with van der Waals surface area (Å²) >= 11 is 0. The van der Waals surface area contributed by atoms with E-state index in [1.165, 1.54) is 38.5 Å². The zero-order valence-electron chi connectivity index (χ0n) is 8.00. The van der Waals surface area contributed by atoms with Crippen LogP contribution in [0.5, 0.6) is 0 Å². The molecule has 0 amide bonds. The Bertz CT molecular complexity index is 177. The summed E-state index contributed by atoms with van der Waals surface area (Å²) in [7, 11) is 0. The Morgan fingerprint density at radius 1 is 1.00 bits per heavy atom. The van der Waals surface area contributed by atoms with Gasteiger partial charge in [-0.1, -0.05) is 0 Å². The van der Waals surface area contributed by atoms with E-state index in [9.17, 15) is 5.11 Å². The van der Waals surface area contributed by atoms with Crippen LogP contribution in [-0.2, 0) is 9.84 Å². The number of hydrogen-bond acceptors (Lipinski definition) is 1. The maximum absolute atomic E-state index is 10.6. The molecule has 0 N–H and O–H groups in total. The van der Waals surface area contributed by atoms with E-state index in [0.717, 1.165) is 17.8 Å². The normalized spacial score (nSPS) is 52.8. The Morgan fingerprint density at radius 3 is 1.85 bits per heavy atom. The summed E-state index contributed by atoms with van der Waals surface area (Å²) < 4.78 is 5.49. The van der Waals surface area contributed by atoms with Crippen LogP contribution in [0, 0.1) is 17.8 Å². The Hall–Kier alpha value is -0.0800. The summed E-state index contributed by atoms with van der Waals surface area (Å²) in [5.41, 5.74) is 0.0382. The molecule has 1 radical (unpaired) electrons. The smallest absolute Gasteiger partial charge is 0.181 e. The standard InChI is InChI=1S/C11H17O2/c12-7-13-11-4-8-1-9(5-11)3-10(2-8)6-11/h8-10H,1-7H2. The van der Waals surface area contributed by atoms with Gasteiger partial charge in [-0.15, -0.1) is 0 Å². The van der Waals surface area contributed by atoms with Gasteiger partial charge in [-0.25, -0.2) is 5.11 Å². The molecule has 0 spiro atoms. The summed E-state index contributed by atoms with van der Waals surface area (Å²) in [6, 6.07) is 0. The molecule has 2 heteroatoms. The van der Waals surface area contributed by atoms with E-state index in [1.807, 2.05) is 0 Å². The first-order valence-electron chi connectivity index (χ1n) is 5.52. The lowest BCUT2D eigenvalue weighted by Gasteiger charge is -2.55. The SMILES string of the molecule is [O]COC12CC3CC(CC(C3)C1)C2. The average molecular weight is 181 g/mol. The van der Waals surface area contributed by atoms with Crippen LogP contribution in [0.4, 0.5) is 0 Å². The highest BCUT2D eigenvalue weighted by Gasteiger charge is 2.51. The first-order chi connectivity index (χ1) is 6.30. The molecule has 13 heavy (non-hydrogen) atoms. The van der Waals surface area contributed by atoms with Crippen molar-refractivity contribution >= 4 is 0 Å². The minimum atomic E-state index is -0.327. The van der Waals surface area contributed by atoms with Gasteiger partial charge in [-0.05, 0) is 56.3 Å². The van der Waals surface area contributed by atoms with Crippen LogP contribution in [0.3, 0.4) is 0 Å². The fourth-order valence-corrected chi connectivity index (χ4v) is 4.33. The van der Waals surface area contributed by atoms with Gasteiger partial charge in [0.1, 0.15) is 0 Å². The van der Waals surface area contributed by atoms with Crippen LogP contribution < -0.4 is 0 Å². The molecule has 4 saturated carbocycles. The van der Waals surface area contributed by atoms with Crippen molar-refractivity contribution in [1.29, 1.82) is 0 Å². The molecule has 0 atom stereocenters. The van der Waals surface area contributed by atoms with Gasteiger partial charge in [-0.2, -0.15) is 0 Å². The van der Waals surface area contributed by atoms with Gasteiger partial charge in [-0.3, -0.25) is 0 Å². The van der Waals surface area contributed by atoms with E-state index < -0.39 is 0 Å². The van der Waals surface area contributed by atoms with E-state index >= 15 is 0 Å². The highest BCUT2D eigenvalue weighted by atomic mass is 16.6. The van der Waals surface area contributed by atoms with Gasteiger partial charge in [0.05, 0.1) is 5.60 Å². The van der Waals surface area contributed by atoms with Crippen molar-refractivity contribution in [3.8, 4) is 0 Å². The van der Waals surface area contributed by atoms with Crippen molar-refractivity contribution in [2.45, 2.75) is 44.1 Å². The average Bonchev–Trinajstić information content (AvgIpc) is 2.00. The van der Waals surface area contributed by atoms with Crippen molar-refractivity contribution in [1.82, 2.24) is 0 Å².